The Kier molecular flexibility index (Phi) is 4.08. The van der Waals surface area contributed by atoms with Crippen molar-refractivity contribution in [2.45, 2.75) is 56.7 Å². The molecule has 0 bridgehead atoms. The minimum Gasteiger partial charge on any atom is -0.488 e. The van der Waals surface area contributed by atoms with E-state index in [0.29, 0.717) is 6.61 Å². The fourth-order valence-electron chi connectivity index (χ4n) is 3.24. The summed E-state index contributed by atoms with van der Waals surface area (Å²) < 4.78 is 12.9. The molecule has 1 unspecified atom stereocenters. The van der Waals surface area contributed by atoms with Crippen molar-refractivity contribution in [1.82, 2.24) is 4.98 Å². The molecule has 0 aromatic carbocycles. The minimum atomic E-state index is 0.179. The normalized spacial score (nSPS) is 25.6. The Bertz CT molecular complexity index is 432. The number of aromatic nitrogens is 1. The van der Waals surface area contributed by atoms with Crippen LogP contribution in [0.4, 0.5) is 0 Å². The lowest BCUT2D eigenvalue weighted by Crippen LogP contribution is -2.32. The number of hydrogen-bond donors (Lipinski definition) is 0. The van der Waals surface area contributed by atoms with Crippen molar-refractivity contribution in [3.05, 3.63) is 22.9 Å². The molecule has 1 spiro atoms. The molecule has 104 valence electrons. The van der Waals surface area contributed by atoms with Gasteiger partial charge in [-0.05, 0) is 53.7 Å². The summed E-state index contributed by atoms with van der Waals surface area (Å²) in [5.74, 6) is 0.802. The van der Waals surface area contributed by atoms with Crippen LogP contribution in [0.25, 0.3) is 0 Å². The molecule has 1 atom stereocenters. The first-order valence-corrected chi connectivity index (χ1v) is 7.98. The molecule has 1 aliphatic heterocycles. The maximum absolute atomic E-state index is 6.29. The fraction of sp³-hybridized carbons (Fsp3) is 0.667. The van der Waals surface area contributed by atoms with Gasteiger partial charge in [0.15, 0.2) is 5.75 Å². The van der Waals surface area contributed by atoms with Crippen molar-refractivity contribution in [2.24, 2.45) is 0 Å². The van der Waals surface area contributed by atoms with Crippen LogP contribution in [0.15, 0.2) is 22.9 Å². The van der Waals surface area contributed by atoms with Gasteiger partial charge in [0.05, 0.1) is 11.7 Å². The van der Waals surface area contributed by atoms with E-state index in [4.69, 9.17) is 9.47 Å². The largest absolute Gasteiger partial charge is 0.488 e. The van der Waals surface area contributed by atoms with Crippen molar-refractivity contribution in [2.75, 3.05) is 6.61 Å². The quantitative estimate of drug-likeness (QED) is 0.784. The molecule has 1 saturated carbocycles. The molecule has 2 fully saturated rings. The topological polar surface area (TPSA) is 31.4 Å². The summed E-state index contributed by atoms with van der Waals surface area (Å²) in [4.78, 5) is 4.16. The third-order valence-corrected chi connectivity index (χ3v) is 4.85. The average Bonchev–Trinajstić information content (AvgIpc) is 2.82. The molecule has 2 heterocycles. The number of pyridine rings is 1. The summed E-state index contributed by atoms with van der Waals surface area (Å²) >= 11 is 3.40. The van der Waals surface area contributed by atoms with Gasteiger partial charge in [0.1, 0.15) is 11.2 Å². The van der Waals surface area contributed by atoms with Crippen LogP contribution in [0.2, 0.25) is 0 Å². The van der Waals surface area contributed by atoms with Crippen molar-refractivity contribution >= 4 is 15.9 Å². The summed E-state index contributed by atoms with van der Waals surface area (Å²) in [5, 5.41) is 0. The monoisotopic (exact) mass is 325 g/mol. The van der Waals surface area contributed by atoms with Crippen LogP contribution in [0.3, 0.4) is 0 Å². The molecule has 2 aliphatic rings. The number of halogens is 1. The van der Waals surface area contributed by atoms with Crippen molar-refractivity contribution in [3.8, 4) is 5.75 Å². The van der Waals surface area contributed by atoms with Crippen LogP contribution in [-0.4, -0.2) is 23.3 Å². The third kappa shape index (κ3) is 3.11. The van der Waals surface area contributed by atoms with E-state index in [2.05, 4.69) is 20.9 Å². The SMILES string of the molecule is Brc1ncccc1OCC1CCC2(CCCCC2)O1. The van der Waals surface area contributed by atoms with Gasteiger partial charge in [0.2, 0.25) is 0 Å². The highest BCUT2D eigenvalue weighted by molar-refractivity contribution is 9.10. The van der Waals surface area contributed by atoms with Gasteiger partial charge in [-0.3, -0.25) is 0 Å². The highest BCUT2D eigenvalue weighted by Gasteiger charge is 2.40. The Hall–Kier alpha value is -0.610. The minimum absolute atomic E-state index is 0.179. The van der Waals surface area contributed by atoms with Crippen LogP contribution in [0.5, 0.6) is 5.75 Å². The van der Waals surface area contributed by atoms with Gasteiger partial charge in [-0.1, -0.05) is 19.3 Å². The number of nitrogens with zero attached hydrogens (tertiary/aromatic N) is 1. The number of rotatable bonds is 3. The van der Waals surface area contributed by atoms with E-state index in [0.717, 1.165) is 16.8 Å². The van der Waals surface area contributed by atoms with E-state index in [1.807, 2.05) is 12.1 Å². The van der Waals surface area contributed by atoms with E-state index in [1.54, 1.807) is 6.20 Å². The molecular formula is C15H20BrNO2. The molecule has 1 aliphatic carbocycles. The predicted octanol–water partition coefficient (Wildman–Crippen LogP) is 4.10. The van der Waals surface area contributed by atoms with Crippen LogP contribution in [-0.2, 0) is 4.74 Å². The molecule has 1 saturated heterocycles. The summed E-state index contributed by atoms with van der Waals surface area (Å²) in [5.41, 5.74) is 0.179. The summed E-state index contributed by atoms with van der Waals surface area (Å²) in [6.45, 7) is 0.631. The average molecular weight is 326 g/mol. The van der Waals surface area contributed by atoms with Gasteiger partial charge in [0.25, 0.3) is 0 Å². The maximum Gasteiger partial charge on any atom is 0.152 e. The molecule has 3 nitrogen and oxygen atoms in total. The van der Waals surface area contributed by atoms with E-state index in [1.165, 1.54) is 38.5 Å². The van der Waals surface area contributed by atoms with Gasteiger partial charge >= 0.3 is 0 Å². The second-order valence-corrected chi connectivity index (χ2v) is 6.38. The van der Waals surface area contributed by atoms with Crippen LogP contribution >= 0.6 is 15.9 Å². The molecule has 3 rings (SSSR count). The molecule has 1 aromatic rings. The Morgan fingerprint density at radius 2 is 2.16 bits per heavy atom. The zero-order valence-electron chi connectivity index (χ0n) is 11.1. The van der Waals surface area contributed by atoms with Gasteiger partial charge in [-0.2, -0.15) is 0 Å². The van der Waals surface area contributed by atoms with Crippen LogP contribution in [0, 0.1) is 0 Å². The van der Waals surface area contributed by atoms with Crippen LogP contribution < -0.4 is 4.74 Å². The molecule has 0 radical (unpaired) electrons. The Balaban J connectivity index is 1.53. The summed E-state index contributed by atoms with van der Waals surface area (Å²) in [6.07, 6.45) is 10.8. The Morgan fingerprint density at radius 3 is 2.95 bits per heavy atom. The lowest BCUT2D eigenvalue weighted by molar-refractivity contribution is -0.0749. The summed E-state index contributed by atoms with van der Waals surface area (Å²) in [7, 11) is 0. The first kappa shape index (κ1) is 13.4. The lowest BCUT2D eigenvalue weighted by atomic mass is 9.83. The highest BCUT2D eigenvalue weighted by Crippen LogP contribution is 2.42. The molecule has 1 aromatic heterocycles. The van der Waals surface area contributed by atoms with Gasteiger partial charge in [0, 0.05) is 6.20 Å². The molecule has 0 N–H and O–H groups in total. The molecule has 0 amide bonds. The van der Waals surface area contributed by atoms with Crippen LogP contribution in [0.1, 0.15) is 44.9 Å². The standard InChI is InChI=1S/C15H20BrNO2/c16-14-13(5-4-10-17-14)18-11-12-6-9-15(19-12)7-2-1-3-8-15/h4-5,10,12H,1-3,6-9,11H2. The predicted molar refractivity (Wildman–Crippen MR) is 77.4 cm³/mol. The second kappa shape index (κ2) is 5.80. The molecular weight excluding hydrogens is 306 g/mol. The van der Waals surface area contributed by atoms with Crippen molar-refractivity contribution in [3.63, 3.8) is 0 Å². The number of ether oxygens (including phenoxy) is 2. The molecule has 4 heteroatoms. The van der Waals surface area contributed by atoms with E-state index < -0.39 is 0 Å². The highest BCUT2D eigenvalue weighted by atomic mass is 79.9. The van der Waals surface area contributed by atoms with Crippen molar-refractivity contribution in [1.29, 1.82) is 0 Å². The second-order valence-electron chi connectivity index (χ2n) is 5.63. The van der Waals surface area contributed by atoms with Gasteiger partial charge in [-0.25, -0.2) is 4.98 Å². The third-order valence-electron chi connectivity index (χ3n) is 4.25. The number of hydrogen-bond acceptors (Lipinski definition) is 3. The van der Waals surface area contributed by atoms with E-state index >= 15 is 0 Å². The van der Waals surface area contributed by atoms with E-state index in [9.17, 15) is 0 Å². The Labute approximate surface area is 122 Å². The Morgan fingerprint density at radius 1 is 1.32 bits per heavy atom. The van der Waals surface area contributed by atoms with Gasteiger partial charge < -0.3 is 9.47 Å². The van der Waals surface area contributed by atoms with Crippen molar-refractivity contribution < 1.29 is 9.47 Å². The zero-order chi connectivity index (χ0) is 13.1. The lowest BCUT2D eigenvalue weighted by Gasteiger charge is -2.33. The fourth-order valence-corrected chi connectivity index (χ4v) is 3.60. The first-order valence-electron chi connectivity index (χ1n) is 7.19. The summed E-state index contributed by atoms with van der Waals surface area (Å²) in [6, 6.07) is 3.82. The molecule has 19 heavy (non-hydrogen) atoms. The van der Waals surface area contributed by atoms with Gasteiger partial charge in [-0.15, -0.1) is 0 Å². The maximum atomic E-state index is 6.29. The first-order chi connectivity index (χ1) is 9.27. The van der Waals surface area contributed by atoms with E-state index in [-0.39, 0.29) is 11.7 Å². The zero-order valence-corrected chi connectivity index (χ0v) is 12.7. The smallest absolute Gasteiger partial charge is 0.152 e.